The average Bonchev–Trinajstić information content (AvgIpc) is 3.35. The molecule has 0 fully saturated rings. The highest BCUT2D eigenvalue weighted by Gasteiger charge is 2.41. The summed E-state index contributed by atoms with van der Waals surface area (Å²) in [4.78, 5) is 4.91. The van der Waals surface area contributed by atoms with Crippen LogP contribution in [0.2, 0.25) is 0 Å². The molecule has 4 aromatic rings. The van der Waals surface area contributed by atoms with Crippen molar-refractivity contribution in [3.05, 3.63) is 119 Å². The Labute approximate surface area is 190 Å². The van der Waals surface area contributed by atoms with E-state index in [2.05, 4.69) is 121 Å². The summed E-state index contributed by atoms with van der Waals surface area (Å²) in [6.45, 7) is 6.64. The molecule has 0 aliphatic carbocycles. The number of hydrogen-bond acceptors (Lipinski definition) is 3. The van der Waals surface area contributed by atoms with Crippen LogP contribution in [0.1, 0.15) is 35.3 Å². The SMILES string of the molecule is CC1=C(c2ccccc2)N(c2ccccc2)C(c2c(C)cccc2C)N1c1ccnn1C. The van der Waals surface area contributed by atoms with E-state index >= 15 is 0 Å². The van der Waals surface area contributed by atoms with Gasteiger partial charge in [-0.1, -0.05) is 66.7 Å². The molecule has 1 aliphatic heterocycles. The molecule has 4 nitrogen and oxygen atoms in total. The highest BCUT2D eigenvalue weighted by atomic mass is 15.5. The first-order valence-corrected chi connectivity index (χ1v) is 11.0. The number of rotatable bonds is 4. The highest BCUT2D eigenvalue weighted by molar-refractivity contribution is 5.89. The van der Waals surface area contributed by atoms with Gasteiger partial charge in [-0.05, 0) is 49.6 Å². The molecule has 160 valence electrons. The fourth-order valence-electron chi connectivity index (χ4n) is 4.91. The fraction of sp³-hybridized carbons (Fsp3) is 0.179. The summed E-state index contributed by atoms with van der Waals surface area (Å²) in [6.07, 6.45) is 1.85. The lowest BCUT2D eigenvalue weighted by Gasteiger charge is -2.36. The summed E-state index contributed by atoms with van der Waals surface area (Å²) >= 11 is 0. The first kappa shape index (κ1) is 20.1. The van der Waals surface area contributed by atoms with Gasteiger partial charge in [0.2, 0.25) is 0 Å². The van der Waals surface area contributed by atoms with Crippen molar-refractivity contribution in [3.63, 3.8) is 0 Å². The zero-order valence-corrected chi connectivity index (χ0v) is 19.0. The molecule has 3 aromatic carbocycles. The normalized spacial score (nSPS) is 16.2. The van der Waals surface area contributed by atoms with E-state index in [1.165, 1.54) is 39.3 Å². The zero-order valence-electron chi connectivity index (χ0n) is 19.0. The van der Waals surface area contributed by atoms with E-state index in [1.807, 2.05) is 17.9 Å². The van der Waals surface area contributed by atoms with Gasteiger partial charge in [-0.3, -0.25) is 4.68 Å². The number of hydrogen-bond donors (Lipinski definition) is 0. The first-order chi connectivity index (χ1) is 15.6. The van der Waals surface area contributed by atoms with Crippen molar-refractivity contribution < 1.29 is 0 Å². The predicted molar refractivity (Wildman–Crippen MR) is 132 cm³/mol. The van der Waals surface area contributed by atoms with Crippen molar-refractivity contribution >= 4 is 17.2 Å². The lowest BCUT2D eigenvalue weighted by Crippen LogP contribution is -2.34. The second-order valence-corrected chi connectivity index (χ2v) is 8.37. The molecule has 0 N–H and O–H groups in total. The Kier molecular flexibility index (Phi) is 5.06. The smallest absolute Gasteiger partial charge is 0.138 e. The Morgan fingerprint density at radius 3 is 1.91 bits per heavy atom. The molecule has 1 atom stereocenters. The molecule has 1 aliphatic rings. The van der Waals surface area contributed by atoms with Crippen LogP contribution in [0.3, 0.4) is 0 Å². The molecule has 2 heterocycles. The standard InChI is InChI=1S/C28H28N4/c1-20-12-11-13-21(2)26(20)28-31(25-18-19-29-30(25)4)22(3)27(23-14-7-5-8-15-23)32(28)24-16-9-6-10-17-24/h5-19,28H,1-4H3. The van der Waals surface area contributed by atoms with Gasteiger partial charge in [-0.25, -0.2) is 0 Å². The van der Waals surface area contributed by atoms with Gasteiger partial charge >= 0.3 is 0 Å². The maximum absolute atomic E-state index is 4.50. The van der Waals surface area contributed by atoms with E-state index in [0.717, 1.165) is 5.82 Å². The van der Waals surface area contributed by atoms with Gasteiger partial charge in [0, 0.05) is 30.1 Å². The van der Waals surface area contributed by atoms with Crippen LogP contribution in [-0.4, -0.2) is 9.78 Å². The summed E-state index contributed by atoms with van der Waals surface area (Å²) in [5.74, 6) is 1.07. The quantitative estimate of drug-likeness (QED) is 0.379. The van der Waals surface area contributed by atoms with E-state index in [9.17, 15) is 0 Å². The molecule has 0 bridgehead atoms. The highest BCUT2D eigenvalue weighted by Crippen LogP contribution is 2.49. The molecular formula is C28H28N4. The van der Waals surface area contributed by atoms with Crippen molar-refractivity contribution in [1.82, 2.24) is 9.78 Å². The Balaban J connectivity index is 1.83. The van der Waals surface area contributed by atoms with E-state index in [0.29, 0.717) is 0 Å². The summed E-state index contributed by atoms with van der Waals surface area (Å²) in [5.41, 5.74) is 8.68. The Morgan fingerprint density at radius 1 is 0.688 bits per heavy atom. The number of para-hydroxylation sites is 1. The minimum atomic E-state index is -0.0239. The van der Waals surface area contributed by atoms with Gasteiger partial charge in [0.15, 0.2) is 0 Å². The molecule has 0 spiro atoms. The van der Waals surface area contributed by atoms with Gasteiger partial charge in [0.05, 0.1) is 11.9 Å². The van der Waals surface area contributed by atoms with Gasteiger partial charge in [0.1, 0.15) is 12.0 Å². The van der Waals surface area contributed by atoms with E-state index in [4.69, 9.17) is 0 Å². The third-order valence-electron chi connectivity index (χ3n) is 6.36. The van der Waals surface area contributed by atoms with Crippen LogP contribution in [-0.2, 0) is 7.05 Å². The summed E-state index contributed by atoms with van der Waals surface area (Å²) in [5, 5.41) is 4.50. The van der Waals surface area contributed by atoms with Gasteiger partial charge in [-0.2, -0.15) is 5.10 Å². The van der Waals surface area contributed by atoms with Crippen LogP contribution in [0.5, 0.6) is 0 Å². The predicted octanol–water partition coefficient (Wildman–Crippen LogP) is 6.45. The van der Waals surface area contributed by atoms with E-state index in [-0.39, 0.29) is 6.17 Å². The maximum atomic E-state index is 4.50. The van der Waals surface area contributed by atoms with Crippen molar-refractivity contribution in [2.45, 2.75) is 26.9 Å². The zero-order chi connectivity index (χ0) is 22.2. The van der Waals surface area contributed by atoms with Crippen molar-refractivity contribution in [3.8, 4) is 0 Å². The second-order valence-electron chi connectivity index (χ2n) is 8.37. The monoisotopic (exact) mass is 420 g/mol. The molecule has 0 saturated carbocycles. The molecule has 1 aromatic heterocycles. The molecule has 5 rings (SSSR count). The molecule has 0 saturated heterocycles. The van der Waals surface area contributed by atoms with Crippen LogP contribution in [0.4, 0.5) is 11.5 Å². The molecular weight excluding hydrogens is 392 g/mol. The van der Waals surface area contributed by atoms with Crippen LogP contribution < -0.4 is 9.80 Å². The van der Waals surface area contributed by atoms with Crippen LogP contribution in [0.25, 0.3) is 5.70 Å². The van der Waals surface area contributed by atoms with E-state index in [1.54, 1.807) is 0 Å². The third-order valence-corrected chi connectivity index (χ3v) is 6.36. The van der Waals surface area contributed by atoms with Gasteiger partial charge in [-0.15, -0.1) is 0 Å². The lowest BCUT2D eigenvalue weighted by atomic mass is 9.98. The number of nitrogens with zero attached hydrogens (tertiary/aromatic N) is 4. The van der Waals surface area contributed by atoms with Gasteiger partial charge in [0.25, 0.3) is 0 Å². The second kappa shape index (κ2) is 8.04. The van der Waals surface area contributed by atoms with Crippen LogP contribution in [0.15, 0.2) is 96.8 Å². The number of allylic oxidation sites excluding steroid dienone is 1. The largest absolute Gasteiger partial charge is 0.314 e. The molecule has 0 radical (unpaired) electrons. The van der Waals surface area contributed by atoms with E-state index < -0.39 is 0 Å². The Bertz CT molecular complexity index is 1250. The van der Waals surface area contributed by atoms with Crippen LogP contribution in [0, 0.1) is 13.8 Å². The summed E-state index contributed by atoms with van der Waals surface area (Å²) < 4.78 is 1.96. The fourth-order valence-corrected chi connectivity index (χ4v) is 4.91. The minimum absolute atomic E-state index is 0.0239. The Morgan fingerprint density at radius 2 is 1.31 bits per heavy atom. The molecule has 1 unspecified atom stereocenters. The third kappa shape index (κ3) is 3.19. The minimum Gasteiger partial charge on any atom is -0.314 e. The molecule has 32 heavy (non-hydrogen) atoms. The number of benzene rings is 3. The van der Waals surface area contributed by atoms with Crippen molar-refractivity contribution in [2.24, 2.45) is 7.05 Å². The summed E-state index contributed by atoms with van der Waals surface area (Å²) in [6, 6.07) is 30.0. The van der Waals surface area contributed by atoms with Crippen molar-refractivity contribution in [1.29, 1.82) is 0 Å². The first-order valence-electron chi connectivity index (χ1n) is 11.0. The van der Waals surface area contributed by atoms with Crippen LogP contribution >= 0.6 is 0 Å². The number of aromatic nitrogens is 2. The topological polar surface area (TPSA) is 24.3 Å². The molecule has 0 amide bonds. The molecule has 4 heteroatoms. The maximum Gasteiger partial charge on any atom is 0.138 e. The lowest BCUT2D eigenvalue weighted by molar-refractivity contribution is 0.667. The van der Waals surface area contributed by atoms with Crippen molar-refractivity contribution in [2.75, 3.05) is 9.80 Å². The van der Waals surface area contributed by atoms with Gasteiger partial charge < -0.3 is 9.80 Å². The summed E-state index contributed by atoms with van der Waals surface area (Å²) in [7, 11) is 2.01. The number of anilines is 2. The average molecular weight is 421 g/mol. The Hall–Kier alpha value is -3.79. The number of aryl methyl sites for hydroxylation is 3.